The molecule has 1 aliphatic rings. The van der Waals surface area contributed by atoms with E-state index in [-0.39, 0.29) is 5.91 Å². The molecule has 0 aliphatic carbocycles. The molecular formula is C28H27Br2NO3. The number of para-hydroxylation sites is 1. The third-order valence-electron chi connectivity index (χ3n) is 5.45. The first-order valence-electron chi connectivity index (χ1n) is 11.3. The average Bonchev–Trinajstić information content (AvgIpc) is 3.05. The molecule has 0 aromatic heterocycles. The van der Waals surface area contributed by atoms with Gasteiger partial charge in [-0.2, -0.15) is 0 Å². The van der Waals surface area contributed by atoms with E-state index in [1.54, 1.807) is 0 Å². The van der Waals surface area contributed by atoms with Gasteiger partial charge in [0, 0.05) is 22.2 Å². The van der Waals surface area contributed by atoms with Crippen LogP contribution in [-0.4, -0.2) is 19.1 Å². The first-order valence-corrected chi connectivity index (χ1v) is 12.9. The largest absolute Gasteiger partial charge is 0.490 e. The SMILES string of the molecule is CCOc1cc(/C=C2\C(=O)N(CC(C)C)c3ccccc32)cc(Br)c1OCc1ccc(Br)cc1. The minimum absolute atomic E-state index is 0.0274. The van der Waals surface area contributed by atoms with Crippen molar-refractivity contribution in [2.45, 2.75) is 27.4 Å². The van der Waals surface area contributed by atoms with Crippen LogP contribution in [0.15, 0.2) is 69.6 Å². The van der Waals surface area contributed by atoms with Gasteiger partial charge >= 0.3 is 0 Å². The van der Waals surface area contributed by atoms with E-state index in [2.05, 4.69) is 45.7 Å². The Labute approximate surface area is 217 Å². The molecule has 0 bridgehead atoms. The van der Waals surface area contributed by atoms with Gasteiger partial charge in [0.2, 0.25) is 0 Å². The third kappa shape index (κ3) is 5.39. The molecule has 4 rings (SSSR count). The summed E-state index contributed by atoms with van der Waals surface area (Å²) in [7, 11) is 0. The highest BCUT2D eigenvalue weighted by Gasteiger charge is 2.32. The molecule has 3 aromatic carbocycles. The first-order chi connectivity index (χ1) is 16.4. The maximum Gasteiger partial charge on any atom is 0.259 e. The van der Waals surface area contributed by atoms with E-state index in [1.165, 1.54) is 0 Å². The summed E-state index contributed by atoms with van der Waals surface area (Å²) in [6.45, 7) is 7.79. The van der Waals surface area contributed by atoms with Crippen LogP contribution in [0.5, 0.6) is 11.5 Å². The lowest BCUT2D eigenvalue weighted by molar-refractivity contribution is -0.113. The van der Waals surface area contributed by atoms with Gasteiger partial charge in [0.1, 0.15) is 6.61 Å². The fraction of sp³-hybridized carbons (Fsp3) is 0.250. The van der Waals surface area contributed by atoms with Crippen molar-refractivity contribution in [3.05, 3.63) is 86.3 Å². The number of benzene rings is 3. The highest BCUT2D eigenvalue weighted by atomic mass is 79.9. The van der Waals surface area contributed by atoms with E-state index < -0.39 is 0 Å². The van der Waals surface area contributed by atoms with Gasteiger partial charge in [-0.05, 0) is 76.3 Å². The summed E-state index contributed by atoms with van der Waals surface area (Å²) in [6, 6.07) is 19.9. The van der Waals surface area contributed by atoms with Crippen molar-refractivity contribution in [3.8, 4) is 11.5 Å². The number of fused-ring (bicyclic) bond motifs is 1. The van der Waals surface area contributed by atoms with Crippen LogP contribution in [0.3, 0.4) is 0 Å². The molecule has 0 N–H and O–H groups in total. The van der Waals surface area contributed by atoms with Crippen LogP contribution < -0.4 is 14.4 Å². The van der Waals surface area contributed by atoms with Gasteiger partial charge in [-0.1, -0.05) is 60.1 Å². The van der Waals surface area contributed by atoms with E-state index in [0.29, 0.717) is 42.7 Å². The maximum atomic E-state index is 13.3. The van der Waals surface area contributed by atoms with E-state index in [9.17, 15) is 4.79 Å². The van der Waals surface area contributed by atoms with Gasteiger partial charge < -0.3 is 14.4 Å². The molecule has 0 fully saturated rings. The Morgan fingerprint density at radius 1 is 1.00 bits per heavy atom. The van der Waals surface area contributed by atoms with Crippen molar-refractivity contribution in [1.29, 1.82) is 0 Å². The van der Waals surface area contributed by atoms with Gasteiger partial charge in [-0.15, -0.1) is 0 Å². The molecule has 34 heavy (non-hydrogen) atoms. The van der Waals surface area contributed by atoms with Crippen molar-refractivity contribution in [2.24, 2.45) is 5.92 Å². The summed E-state index contributed by atoms with van der Waals surface area (Å²) in [5, 5.41) is 0. The second-order valence-electron chi connectivity index (χ2n) is 8.56. The summed E-state index contributed by atoms with van der Waals surface area (Å²) in [4.78, 5) is 15.2. The molecule has 1 heterocycles. The third-order valence-corrected chi connectivity index (χ3v) is 6.57. The summed E-state index contributed by atoms with van der Waals surface area (Å²) >= 11 is 7.11. The van der Waals surface area contributed by atoms with Gasteiger partial charge in [-0.3, -0.25) is 4.79 Å². The summed E-state index contributed by atoms with van der Waals surface area (Å²) in [5.74, 6) is 1.68. The Kier molecular flexibility index (Phi) is 7.79. The van der Waals surface area contributed by atoms with Crippen LogP contribution in [0.25, 0.3) is 11.6 Å². The molecule has 176 valence electrons. The molecule has 1 amide bonds. The van der Waals surface area contributed by atoms with Gasteiger partial charge in [0.15, 0.2) is 11.5 Å². The lowest BCUT2D eigenvalue weighted by Crippen LogP contribution is -2.30. The van der Waals surface area contributed by atoms with Gasteiger partial charge in [0.05, 0.1) is 16.8 Å². The van der Waals surface area contributed by atoms with Gasteiger partial charge in [0.25, 0.3) is 5.91 Å². The molecule has 1 aliphatic heterocycles. The van der Waals surface area contributed by atoms with Crippen LogP contribution >= 0.6 is 31.9 Å². The van der Waals surface area contributed by atoms with Crippen molar-refractivity contribution in [2.75, 3.05) is 18.1 Å². The number of rotatable bonds is 8. The van der Waals surface area contributed by atoms with Crippen LogP contribution in [0.4, 0.5) is 5.69 Å². The summed E-state index contributed by atoms with van der Waals surface area (Å²) < 4.78 is 13.8. The van der Waals surface area contributed by atoms with Crippen LogP contribution in [0, 0.1) is 5.92 Å². The monoisotopic (exact) mass is 583 g/mol. The van der Waals surface area contributed by atoms with E-state index in [4.69, 9.17) is 9.47 Å². The fourth-order valence-electron chi connectivity index (χ4n) is 3.97. The molecule has 0 saturated heterocycles. The zero-order chi connectivity index (χ0) is 24.2. The van der Waals surface area contributed by atoms with Crippen molar-refractivity contribution < 1.29 is 14.3 Å². The number of carbonyl (C=O) groups is 1. The van der Waals surface area contributed by atoms with Gasteiger partial charge in [-0.25, -0.2) is 0 Å². The number of hydrogen-bond acceptors (Lipinski definition) is 3. The number of ether oxygens (including phenoxy) is 2. The molecule has 0 unspecified atom stereocenters. The zero-order valence-corrected chi connectivity index (χ0v) is 22.6. The number of anilines is 1. The average molecular weight is 585 g/mol. The lowest BCUT2D eigenvalue weighted by Gasteiger charge is -2.19. The number of carbonyl (C=O) groups excluding carboxylic acids is 1. The highest BCUT2D eigenvalue weighted by Crippen LogP contribution is 2.41. The van der Waals surface area contributed by atoms with E-state index >= 15 is 0 Å². The second kappa shape index (κ2) is 10.8. The number of hydrogen-bond donors (Lipinski definition) is 0. The minimum Gasteiger partial charge on any atom is -0.490 e. The van der Waals surface area contributed by atoms with Crippen molar-refractivity contribution in [1.82, 2.24) is 0 Å². The Hall–Kier alpha value is -2.57. The number of nitrogens with zero attached hydrogens (tertiary/aromatic N) is 1. The van der Waals surface area contributed by atoms with E-state index in [0.717, 1.165) is 31.3 Å². The van der Waals surface area contributed by atoms with Crippen molar-refractivity contribution >= 4 is 55.1 Å². The standard InChI is InChI=1S/C28H27Br2NO3/c1-4-33-26-15-20(14-24(30)27(26)34-17-19-9-11-21(29)12-10-19)13-23-22-7-5-6-8-25(22)31(28(23)32)16-18(2)3/h5-15,18H,4,16-17H2,1-3H3/b23-13-. The number of halogens is 2. The zero-order valence-electron chi connectivity index (χ0n) is 19.5. The quantitative estimate of drug-likeness (QED) is 0.254. The normalized spacial score (nSPS) is 14.1. The molecule has 0 spiro atoms. The maximum absolute atomic E-state index is 13.3. The molecule has 3 aromatic rings. The lowest BCUT2D eigenvalue weighted by atomic mass is 10.0. The van der Waals surface area contributed by atoms with Crippen LogP contribution in [-0.2, 0) is 11.4 Å². The Bertz CT molecular complexity index is 1220. The Morgan fingerprint density at radius 3 is 2.44 bits per heavy atom. The molecule has 6 heteroatoms. The first kappa shape index (κ1) is 24.6. The van der Waals surface area contributed by atoms with Crippen LogP contribution in [0.1, 0.15) is 37.5 Å². The van der Waals surface area contributed by atoms with E-state index in [1.807, 2.05) is 78.6 Å². The molecule has 0 atom stereocenters. The topological polar surface area (TPSA) is 38.8 Å². The predicted octanol–water partition coefficient (Wildman–Crippen LogP) is 7.73. The predicted molar refractivity (Wildman–Crippen MR) is 145 cm³/mol. The minimum atomic E-state index is 0.0274. The molecular weight excluding hydrogens is 558 g/mol. The van der Waals surface area contributed by atoms with Crippen molar-refractivity contribution in [3.63, 3.8) is 0 Å². The molecule has 0 saturated carbocycles. The second-order valence-corrected chi connectivity index (χ2v) is 10.3. The number of amides is 1. The fourth-order valence-corrected chi connectivity index (χ4v) is 4.81. The highest BCUT2D eigenvalue weighted by molar-refractivity contribution is 9.10. The summed E-state index contributed by atoms with van der Waals surface area (Å²) in [6.07, 6.45) is 1.94. The molecule has 4 nitrogen and oxygen atoms in total. The molecule has 0 radical (unpaired) electrons. The van der Waals surface area contributed by atoms with Crippen LogP contribution in [0.2, 0.25) is 0 Å². The Balaban J connectivity index is 1.67. The Morgan fingerprint density at radius 2 is 1.74 bits per heavy atom. The summed E-state index contributed by atoms with van der Waals surface area (Å²) in [5.41, 5.74) is 4.54. The smallest absolute Gasteiger partial charge is 0.259 e.